The quantitative estimate of drug-likeness (QED) is 0.833. The summed E-state index contributed by atoms with van der Waals surface area (Å²) in [7, 11) is 0. The van der Waals surface area contributed by atoms with E-state index in [2.05, 4.69) is 9.88 Å². The van der Waals surface area contributed by atoms with Crippen molar-refractivity contribution in [2.75, 3.05) is 13.1 Å². The fourth-order valence-electron chi connectivity index (χ4n) is 2.00. The molecule has 82 valence electrons. The molecule has 1 fully saturated rings. The number of nitrogens with two attached hydrogens (primary N) is 1. The number of halogens is 1. The first-order chi connectivity index (χ1) is 7.24. The molecule has 1 unspecified atom stereocenters. The molecular formula is C11H16ClN3. The van der Waals surface area contributed by atoms with Crippen molar-refractivity contribution in [3.63, 3.8) is 0 Å². The fraction of sp³-hybridized carbons (Fsp3) is 0.545. The van der Waals surface area contributed by atoms with Crippen LogP contribution in [0.1, 0.15) is 18.5 Å². The van der Waals surface area contributed by atoms with Crippen LogP contribution in [0, 0.1) is 0 Å². The van der Waals surface area contributed by atoms with Gasteiger partial charge in [0, 0.05) is 30.4 Å². The molecule has 0 aliphatic carbocycles. The molecular weight excluding hydrogens is 210 g/mol. The van der Waals surface area contributed by atoms with Gasteiger partial charge in [-0.3, -0.25) is 9.88 Å². The zero-order chi connectivity index (χ0) is 10.7. The summed E-state index contributed by atoms with van der Waals surface area (Å²) in [6.07, 6.45) is 4.07. The van der Waals surface area contributed by atoms with Crippen LogP contribution in [0.15, 0.2) is 18.3 Å². The fourth-order valence-corrected chi connectivity index (χ4v) is 2.18. The number of pyridine rings is 1. The third-order valence-electron chi connectivity index (χ3n) is 2.71. The summed E-state index contributed by atoms with van der Waals surface area (Å²) in [5.41, 5.74) is 6.95. The Kier molecular flexibility index (Phi) is 3.57. The summed E-state index contributed by atoms with van der Waals surface area (Å²) < 4.78 is 0. The van der Waals surface area contributed by atoms with Crippen LogP contribution in [-0.2, 0) is 6.54 Å². The molecule has 0 radical (unpaired) electrons. The normalized spacial score (nSPS) is 22.9. The minimum Gasteiger partial charge on any atom is -0.327 e. The van der Waals surface area contributed by atoms with Gasteiger partial charge in [-0.2, -0.15) is 0 Å². The molecule has 1 aromatic rings. The van der Waals surface area contributed by atoms with E-state index in [1.165, 1.54) is 6.42 Å². The summed E-state index contributed by atoms with van der Waals surface area (Å²) in [6, 6.07) is 4.03. The first kappa shape index (κ1) is 10.9. The van der Waals surface area contributed by atoms with Crippen LogP contribution in [-0.4, -0.2) is 29.0 Å². The highest BCUT2D eigenvalue weighted by atomic mass is 35.5. The average Bonchev–Trinajstić information content (AvgIpc) is 2.17. The zero-order valence-corrected chi connectivity index (χ0v) is 9.45. The standard InChI is InChI=1S/C11H16ClN3/c12-9-3-4-14-11(6-9)8-15-5-1-2-10(13)7-15/h3-4,6,10H,1-2,5,7-8,13H2. The molecule has 3 nitrogen and oxygen atoms in total. The second kappa shape index (κ2) is 4.92. The SMILES string of the molecule is NC1CCCN(Cc2cc(Cl)ccn2)C1. The average molecular weight is 226 g/mol. The van der Waals surface area contributed by atoms with Crippen LogP contribution in [0.4, 0.5) is 0 Å². The Labute approximate surface area is 95.2 Å². The van der Waals surface area contributed by atoms with E-state index in [9.17, 15) is 0 Å². The molecule has 1 saturated heterocycles. The highest BCUT2D eigenvalue weighted by molar-refractivity contribution is 6.30. The Morgan fingerprint density at radius 1 is 1.60 bits per heavy atom. The third kappa shape index (κ3) is 3.16. The minimum atomic E-state index is 0.318. The predicted octanol–water partition coefficient (Wildman–Crippen LogP) is 1.66. The first-order valence-electron chi connectivity index (χ1n) is 5.32. The number of nitrogens with zero attached hydrogens (tertiary/aromatic N) is 2. The minimum absolute atomic E-state index is 0.318. The Hall–Kier alpha value is -0.640. The molecule has 1 atom stereocenters. The van der Waals surface area contributed by atoms with Gasteiger partial charge in [-0.1, -0.05) is 11.6 Å². The Morgan fingerprint density at radius 2 is 2.47 bits per heavy atom. The van der Waals surface area contributed by atoms with E-state index in [-0.39, 0.29) is 0 Å². The molecule has 0 saturated carbocycles. The van der Waals surface area contributed by atoms with Crippen molar-refractivity contribution in [1.82, 2.24) is 9.88 Å². The Bertz CT molecular complexity index is 329. The smallest absolute Gasteiger partial charge is 0.0558 e. The van der Waals surface area contributed by atoms with Gasteiger partial charge >= 0.3 is 0 Å². The molecule has 4 heteroatoms. The van der Waals surface area contributed by atoms with E-state index in [1.54, 1.807) is 12.3 Å². The van der Waals surface area contributed by atoms with Gasteiger partial charge in [0.25, 0.3) is 0 Å². The lowest BCUT2D eigenvalue weighted by atomic mass is 10.1. The largest absolute Gasteiger partial charge is 0.327 e. The zero-order valence-electron chi connectivity index (χ0n) is 8.69. The first-order valence-corrected chi connectivity index (χ1v) is 5.70. The number of likely N-dealkylation sites (tertiary alicyclic amines) is 1. The highest BCUT2D eigenvalue weighted by Crippen LogP contribution is 2.13. The number of hydrogen-bond donors (Lipinski definition) is 1. The molecule has 2 N–H and O–H groups in total. The van der Waals surface area contributed by atoms with Crippen LogP contribution in [0.25, 0.3) is 0 Å². The maximum absolute atomic E-state index is 5.92. The molecule has 1 aliphatic rings. The molecule has 0 spiro atoms. The molecule has 1 aliphatic heterocycles. The van der Waals surface area contributed by atoms with Gasteiger partial charge in [0.05, 0.1) is 5.69 Å². The van der Waals surface area contributed by atoms with Gasteiger partial charge in [-0.15, -0.1) is 0 Å². The highest BCUT2D eigenvalue weighted by Gasteiger charge is 2.16. The number of piperidine rings is 1. The lowest BCUT2D eigenvalue weighted by molar-refractivity contribution is 0.199. The molecule has 0 amide bonds. The van der Waals surface area contributed by atoms with Crippen molar-refractivity contribution in [3.05, 3.63) is 29.0 Å². The van der Waals surface area contributed by atoms with Gasteiger partial charge in [-0.25, -0.2) is 0 Å². The van der Waals surface area contributed by atoms with E-state index >= 15 is 0 Å². The summed E-state index contributed by atoms with van der Waals surface area (Å²) >= 11 is 5.91. The van der Waals surface area contributed by atoms with E-state index < -0.39 is 0 Å². The van der Waals surface area contributed by atoms with E-state index in [1.807, 2.05) is 6.07 Å². The lowest BCUT2D eigenvalue weighted by Crippen LogP contribution is -2.42. The number of rotatable bonds is 2. The molecule has 0 bridgehead atoms. The number of aromatic nitrogens is 1. The lowest BCUT2D eigenvalue weighted by Gasteiger charge is -2.30. The van der Waals surface area contributed by atoms with Gasteiger partial charge in [-0.05, 0) is 31.5 Å². The van der Waals surface area contributed by atoms with Crippen molar-refractivity contribution in [3.8, 4) is 0 Å². The maximum atomic E-state index is 5.92. The van der Waals surface area contributed by atoms with E-state index in [0.29, 0.717) is 6.04 Å². The van der Waals surface area contributed by atoms with Crippen molar-refractivity contribution < 1.29 is 0 Å². The van der Waals surface area contributed by atoms with Crippen molar-refractivity contribution in [2.45, 2.75) is 25.4 Å². The van der Waals surface area contributed by atoms with Crippen LogP contribution < -0.4 is 5.73 Å². The Morgan fingerprint density at radius 3 is 3.20 bits per heavy atom. The Balaban J connectivity index is 1.96. The second-order valence-corrected chi connectivity index (χ2v) is 4.54. The molecule has 1 aromatic heterocycles. The molecule has 0 aromatic carbocycles. The van der Waals surface area contributed by atoms with Gasteiger partial charge in [0.2, 0.25) is 0 Å². The van der Waals surface area contributed by atoms with E-state index in [4.69, 9.17) is 17.3 Å². The van der Waals surface area contributed by atoms with Gasteiger partial charge < -0.3 is 5.73 Å². The van der Waals surface area contributed by atoms with Crippen LogP contribution in [0.5, 0.6) is 0 Å². The maximum Gasteiger partial charge on any atom is 0.0558 e. The monoisotopic (exact) mass is 225 g/mol. The third-order valence-corrected chi connectivity index (χ3v) is 2.94. The van der Waals surface area contributed by atoms with Gasteiger partial charge in [0.15, 0.2) is 0 Å². The summed E-state index contributed by atoms with van der Waals surface area (Å²) in [5, 5.41) is 0.751. The van der Waals surface area contributed by atoms with Crippen LogP contribution in [0.3, 0.4) is 0 Å². The van der Waals surface area contributed by atoms with Gasteiger partial charge in [0.1, 0.15) is 0 Å². The predicted molar refractivity (Wildman–Crippen MR) is 61.7 cm³/mol. The van der Waals surface area contributed by atoms with Crippen LogP contribution in [0.2, 0.25) is 5.02 Å². The molecule has 2 heterocycles. The molecule has 2 rings (SSSR count). The van der Waals surface area contributed by atoms with Crippen molar-refractivity contribution >= 4 is 11.6 Å². The summed E-state index contributed by atoms with van der Waals surface area (Å²) in [5.74, 6) is 0. The topological polar surface area (TPSA) is 42.1 Å². The summed E-state index contributed by atoms with van der Waals surface area (Å²) in [6.45, 7) is 2.93. The summed E-state index contributed by atoms with van der Waals surface area (Å²) in [4.78, 5) is 6.63. The van der Waals surface area contributed by atoms with Crippen LogP contribution >= 0.6 is 11.6 Å². The second-order valence-electron chi connectivity index (χ2n) is 4.10. The van der Waals surface area contributed by atoms with Crippen molar-refractivity contribution in [2.24, 2.45) is 5.73 Å². The molecule has 15 heavy (non-hydrogen) atoms. The van der Waals surface area contributed by atoms with Crippen molar-refractivity contribution in [1.29, 1.82) is 0 Å². The number of hydrogen-bond acceptors (Lipinski definition) is 3. The van der Waals surface area contributed by atoms with E-state index in [0.717, 1.165) is 36.8 Å².